The Morgan fingerprint density at radius 1 is 1.08 bits per heavy atom. The molecule has 5 aliphatic rings. The Labute approximate surface area is 148 Å². The average Bonchev–Trinajstić information content (AvgIpc) is 3.28. The number of methoxy groups -OCH3 is 1. The molecule has 5 fully saturated rings. The predicted molar refractivity (Wildman–Crippen MR) is 86.4 cm³/mol. The first-order chi connectivity index (χ1) is 11.7. The van der Waals surface area contributed by atoms with E-state index in [1.165, 1.54) is 7.11 Å². The minimum absolute atomic E-state index is 0.0368. The van der Waals surface area contributed by atoms with Crippen molar-refractivity contribution >= 4 is 5.97 Å². The van der Waals surface area contributed by atoms with E-state index < -0.39 is 17.0 Å². The molecule has 0 aromatic heterocycles. The van der Waals surface area contributed by atoms with Crippen LogP contribution in [0.4, 0.5) is 0 Å². The highest BCUT2D eigenvalue weighted by molar-refractivity contribution is 5.80. The number of rotatable bonds is 1. The van der Waals surface area contributed by atoms with E-state index in [0.29, 0.717) is 13.2 Å². The van der Waals surface area contributed by atoms with Crippen molar-refractivity contribution in [1.29, 1.82) is 0 Å². The summed E-state index contributed by atoms with van der Waals surface area (Å²) in [6.45, 7) is 9.45. The lowest BCUT2D eigenvalue weighted by Gasteiger charge is -2.49. The maximum absolute atomic E-state index is 13.2. The fourth-order valence-electron chi connectivity index (χ4n) is 7.41. The van der Waals surface area contributed by atoms with Crippen LogP contribution in [0.1, 0.15) is 40.5 Å². The summed E-state index contributed by atoms with van der Waals surface area (Å²) in [6, 6.07) is 0. The van der Waals surface area contributed by atoms with Crippen LogP contribution in [0, 0.1) is 28.6 Å². The van der Waals surface area contributed by atoms with Crippen LogP contribution in [0.15, 0.2) is 0 Å². The van der Waals surface area contributed by atoms with Crippen LogP contribution in [0.25, 0.3) is 0 Å². The number of ether oxygens (including phenoxy) is 5. The molecule has 7 atom stereocenters. The Bertz CT molecular complexity index is 625. The van der Waals surface area contributed by atoms with E-state index in [-0.39, 0.29) is 41.3 Å². The van der Waals surface area contributed by atoms with E-state index in [1.54, 1.807) is 0 Å². The molecule has 0 amide bonds. The fourth-order valence-corrected chi connectivity index (χ4v) is 7.41. The third kappa shape index (κ3) is 1.64. The van der Waals surface area contributed by atoms with Gasteiger partial charge in [-0.25, -0.2) is 0 Å². The van der Waals surface area contributed by atoms with Gasteiger partial charge in [0, 0.05) is 23.7 Å². The lowest BCUT2D eigenvalue weighted by molar-refractivity contribution is -0.238. The summed E-state index contributed by atoms with van der Waals surface area (Å²) in [5.41, 5.74) is -0.856. The molecule has 0 aromatic carbocycles. The van der Waals surface area contributed by atoms with Gasteiger partial charge in [-0.15, -0.1) is 0 Å². The first kappa shape index (κ1) is 16.5. The van der Waals surface area contributed by atoms with Gasteiger partial charge in [0.2, 0.25) is 0 Å². The van der Waals surface area contributed by atoms with E-state index in [4.69, 9.17) is 23.7 Å². The van der Waals surface area contributed by atoms with E-state index >= 15 is 0 Å². The zero-order valence-electron chi connectivity index (χ0n) is 15.7. The molecule has 5 rings (SSSR count). The second kappa shape index (κ2) is 4.58. The first-order valence-corrected chi connectivity index (χ1v) is 9.43. The molecule has 0 radical (unpaired) electrons. The van der Waals surface area contributed by atoms with Crippen molar-refractivity contribution in [2.45, 2.75) is 64.3 Å². The third-order valence-corrected chi connectivity index (χ3v) is 7.75. The standard InChI is InChI=1S/C19H28O6/c1-10-8-18(22-6-7-23-18)14-17(4)9-11(19(10,14)15(20)21-5)12-13(17)25-16(2,3)24-12/h10-14H,6-9H2,1-5H3/t10-,11-,12+,13+,14+,17+,19-/m1/s1. The molecule has 3 aliphatic carbocycles. The lowest BCUT2D eigenvalue weighted by atomic mass is 9.58. The fraction of sp³-hybridized carbons (Fsp3) is 0.947. The van der Waals surface area contributed by atoms with E-state index in [2.05, 4.69) is 13.8 Å². The summed E-state index contributed by atoms with van der Waals surface area (Å²) in [6.07, 6.45) is 1.50. The second-order valence-electron chi connectivity index (χ2n) is 9.31. The summed E-state index contributed by atoms with van der Waals surface area (Å²) in [4.78, 5) is 13.2. The molecule has 2 saturated heterocycles. The van der Waals surface area contributed by atoms with Gasteiger partial charge in [-0.1, -0.05) is 13.8 Å². The monoisotopic (exact) mass is 352 g/mol. The smallest absolute Gasteiger partial charge is 0.312 e. The van der Waals surface area contributed by atoms with Crippen molar-refractivity contribution in [1.82, 2.24) is 0 Å². The molecule has 25 heavy (non-hydrogen) atoms. The van der Waals surface area contributed by atoms with Gasteiger partial charge in [0.1, 0.15) is 0 Å². The minimum Gasteiger partial charge on any atom is -0.469 e. The van der Waals surface area contributed by atoms with Crippen molar-refractivity contribution in [3.05, 3.63) is 0 Å². The Morgan fingerprint density at radius 3 is 2.40 bits per heavy atom. The Balaban J connectivity index is 1.70. The van der Waals surface area contributed by atoms with Crippen molar-refractivity contribution in [3.63, 3.8) is 0 Å². The maximum Gasteiger partial charge on any atom is 0.312 e. The van der Waals surface area contributed by atoms with Crippen molar-refractivity contribution < 1.29 is 28.5 Å². The highest BCUT2D eigenvalue weighted by Gasteiger charge is 2.86. The molecule has 2 heterocycles. The average molecular weight is 352 g/mol. The van der Waals surface area contributed by atoms with Crippen LogP contribution in [0.5, 0.6) is 0 Å². The summed E-state index contributed by atoms with van der Waals surface area (Å²) >= 11 is 0. The minimum atomic E-state index is -0.696. The van der Waals surface area contributed by atoms with Crippen LogP contribution in [-0.4, -0.2) is 50.1 Å². The largest absolute Gasteiger partial charge is 0.469 e. The SMILES string of the molecule is COC(=O)[C@@]12[C@H](C)CC3(OCCO3)[C@@H]1[C@@]1(C)C[C@@H]2[C@@H]2OC(C)(C)O[C@@H]21. The van der Waals surface area contributed by atoms with Gasteiger partial charge in [0.05, 0.1) is 37.9 Å². The molecule has 1 spiro atoms. The quantitative estimate of drug-likeness (QED) is 0.674. The zero-order chi connectivity index (χ0) is 17.8. The number of hydrogen-bond acceptors (Lipinski definition) is 6. The molecule has 6 nitrogen and oxygen atoms in total. The number of carbonyl (C=O) groups is 1. The van der Waals surface area contributed by atoms with Gasteiger partial charge >= 0.3 is 5.97 Å². The Morgan fingerprint density at radius 2 is 1.76 bits per heavy atom. The lowest BCUT2D eigenvalue weighted by Crippen LogP contribution is -2.60. The summed E-state index contributed by atoms with van der Waals surface area (Å²) in [7, 11) is 1.49. The first-order valence-electron chi connectivity index (χ1n) is 9.43. The summed E-state index contributed by atoms with van der Waals surface area (Å²) in [5, 5.41) is 0. The highest BCUT2D eigenvalue weighted by Crippen LogP contribution is 2.78. The van der Waals surface area contributed by atoms with Crippen LogP contribution >= 0.6 is 0 Å². The molecule has 3 saturated carbocycles. The molecular weight excluding hydrogens is 324 g/mol. The van der Waals surface area contributed by atoms with Crippen molar-refractivity contribution in [2.75, 3.05) is 20.3 Å². The van der Waals surface area contributed by atoms with Crippen molar-refractivity contribution in [3.8, 4) is 0 Å². The van der Waals surface area contributed by atoms with E-state index in [1.807, 2.05) is 13.8 Å². The third-order valence-electron chi connectivity index (χ3n) is 7.75. The van der Waals surface area contributed by atoms with Gasteiger partial charge in [-0.3, -0.25) is 4.79 Å². The molecule has 2 bridgehead atoms. The maximum atomic E-state index is 13.2. The number of fused-ring (bicyclic) bond motifs is 9. The normalized spacial score (nSPS) is 54.0. The molecule has 0 unspecified atom stereocenters. The highest BCUT2D eigenvalue weighted by atomic mass is 16.8. The molecule has 0 N–H and O–H groups in total. The topological polar surface area (TPSA) is 63.2 Å². The van der Waals surface area contributed by atoms with Crippen molar-refractivity contribution in [2.24, 2.45) is 28.6 Å². The molecule has 0 aromatic rings. The van der Waals surface area contributed by atoms with Gasteiger partial charge in [-0.05, 0) is 26.2 Å². The van der Waals surface area contributed by atoms with Gasteiger partial charge in [-0.2, -0.15) is 0 Å². The Kier molecular flexibility index (Phi) is 3.02. The zero-order valence-corrected chi connectivity index (χ0v) is 15.7. The van der Waals surface area contributed by atoms with Crippen LogP contribution < -0.4 is 0 Å². The van der Waals surface area contributed by atoms with Gasteiger partial charge < -0.3 is 23.7 Å². The van der Waals surface area contributed by atoms with E-state index in [0.717, 1.165) is 12.8 Å². The van der Waals surface area contributed by atoms with Gasteiger partial charge in [0.25, 0.3) is 0 Å². The second-order valence-corrected chi connectivity index (χ2v) is 9.31. The predicted octanol–water partition coefficient (Wildman–Crippen LogP) is 2.10. The molecule has 2 aliphatic heterocycles. The summed E-state index contributed by atoms with van der Waals surface area (Å²) in [5.74, 6) is -1.34. The van der Waals surface area contributed by atoms with Gasteiger partial charge in [0.15, 0.2) is 11.6 Å². The number of carbonyl (C=O) groups excluding carboxylic acids is 1. The summed E-state index contributed by atoms with van der Waals surface area (Å²) < 4.78 is 30.4. The van der Waals surface area contributed by atoms with E-state index in [9.17, 15) is 4.79 Å². The number of esters is 1. The molecule has 6 heteroatoms. The van der Waals surface area contributed by atoms with Crippen LogP contribution in [-0.2, 0) is 28.5 Å². The molecular formula is C19H28O6. The van der Waals surface area contributed by atoms with Crippen LogP contribution in [0.2, 0.25) is 0 Å². The molecule has 140 valence electrons. The Hall–Kier alpha value is -0.690. The van der Waals surface area contributed by atoms with Crippen LogP contribution in [0.3, 0.4) is 0 Å². The number of hydrogen-bond donors (Lipinski definition) is 0.